The van der Waals surface area contributed by atoms with E-state index in [1.165, 1.54) is 72.8 Å². The van der Waals surface area contributed by atoms with Gasteiger partial charge in [0.25, 0.3) is 0 Å². The summed E-state index contributed by atoms with van der Waals surface area (Å²) < 4.78 is 36.8. The fraction of sp³-hybridized carbons (Fsp3) is 0.125. The van der Waals surface area contributed by atoms with Crippen molar-refractivity contribution in [2.75, 3.05) is 0 Å². The second kappa shape index (κ2) is 19.1. The van der Waals surface area contributed by atoms with Crippen molar-refractivity contribution in [3.05, 3.63) is 215 Å². The fourth-order valence-corrected chi connectivity index (χ4v) is 6.52. The second-order valence-corrected chi connectivity index (χ2v) is 13.4. The topological polar surface area (TPSA) is 158 Å². The number of carbonyl (C=O) groups excluding carboxylic acids is 6. The zero-order valence-corrected chi connectivity index (χ0v) is 31.7. The largest absolute Gasteiger partial charge is 0.450 e. The number of hydrogen-bond donors (Lipinski definition) is 0. The lowest BCUT2D eigenvalue weighted by molar-refractivity contribution is -0.223. The molecule has 0 N–H and O–H groups in total. The number of esters is 6. The SMILES string of the molecule is O=C(O[C@H]1[C@H](OC(=O)c2ccccc2)[C@@H](OC(=O)c2ccccc2)[C@H](OC(=O)c2ccccc2)[C@@H](OC(=O)c2ccccc2)[C@H]1OC(=O)c1ccccc1)c1ccccc1. The highest BCUT2D eigenvalue weighted by Gasteiger charge is 2.61. The molecule has 0 aliphatic heterocycles. The molecule has 0 bridgehead atoms. The molecule has 0 unspecified atom stereocenters. The summed E-state index contributed by atoms with van der Waals surface area (Å²) in [6, 6.07) is 46.7. The third kappa shape index (κ3) is 9.63. The van der Waals surface area contributed by atoms with Gasteiger partial charge in [-0.15, -0.1) is 0 Å². The van der Waals surface area contributed by atoms with Crippen molar-refractivity contribution in [1.82, 2.24) is 0 Å². The van der Waals surface area contributed by atoms with Gasteiger partial charge in [0.2, 0.25) is 0 Å². The summed E-state index contributed by atoms with van der Waals surface area (Å²) in [6.07, 6.45) is -11.3. The fourth-order valence-electron chi connectivity index (χ4n) is 6.52. The minimum atomic E-state index is -1.88. The first-order valence-corrected chi connectivity index (χ1v) is 18.8. The Labute approximate surface area is 344 Å². The van der Waals surface area contributed by atoms with Crippen LogP contribution in [0.5, 0.6) is 0 Å². The molecule has 1 aliphatic carbocycles. The lowest BCUT2D eigenvalue weighted by Crippen LogP contribution is -2.69. The van der Waals surface area contributed by atoms with Gasteiger partial charge in [0, 0.05) is 0 Å². The van der Waals surface area contributed by atoms with Crippen LogP contribution in [-0.4, -0.2) is 72.4 Å². The van der Waals surface area contributed by atoms with E-state index < -0.39 is 72.4 Å². The molecule has 12 nitrogen and oxygen atoms in total. The molecule has 1 saturated carbocycles. The number of rotatable bonds is 12. The molecular formula is C48H36O12. The van der Waals surface area contributed by atoms with Crippen LogP contribution in [0.25, 0.3) is 0 Å². The van der Waals surface area contributed by atoms with Crippen molar-refractivity contribution < 1.29 is 57.2 Å². The number of carbonyl (C=O) groups is 6. The van der Waals surface area contributed by atoms with Crippen molar-refractivity contribution in [1.29, 1.82) is 0 Å². The Morgan fingerprint density at radius 2 is 0.333 bits per heavy atom. The first kappa shape index (κ1) is 40.3. The van der Waals surface area contributed by atoms with Crippen LogP contribution in [0.15, 0.2) is 182 Å². The van der Waals surface area contributed by atoms with Crippen LogP contribution in [0.3, 0.4) is 0 Å². The Hall–Kier alpha value is -7.86. The number of ether oxygens (including phenoxy) is 6. The molecule has 0 amide bonds. The first-order valence-electron chi connectivity index (χ1n) is 18.8. The van der Waals surface area contributed by atoms with E-state index in [4.69, 9.17) is 28.4 Å². The maximum atomic E-state index is 14.1. The van der Waals surface area contributed by atoms with Gasteiger partial charge in [0.15, 0.2) is 36.6 Å². The van der Waals surface area contributed by atoms with Crippen molar-refractivity contribution in [2.24, 2.45) is 0 Å². The highest BCUT2D eigenvalue weighted by Crippen LogP contribution is 2.37. The quantitative estimate of drug-likeness (QED) is 0.0896. The van der Waals surface area contributed by atoms with Crippen LogP contribution >= 0.6 is 0 Å². The zero-order valence-electron chi connectivity index (χ0n) is 31.7. The molecule has 0 saturated heterocycles. The van der Waals surface area contributed by atoms with Crippen LogP contribution in [-0.2, 0) is 28.4 Å². The monoisotopic (exact) mass is 804 g/mol. The van der Waals surface area contributed by atoms with Gasteiger partial charge in [-0.05, 0) is 72.8 Å². The molecule has 0 spiro atoms. The van der Waals surface area contributed by atoms with Gasteiger partial charge in [-0.1, -0.05) is 109 Å². The average molecular weight is 805 g/mol. The molecule has 1 aliphatic rings. The average Bonchev–Trinajstić information content (AvgIpc) is 3.31. The summed E-state index contributed by atoms with van der Waals surface area (Å²) in [5.41, 5.74) is 0.289. The number of hydrogen-bond acceptors (Lipinski definition) is 12. The maximum absolute atomic E-state index is 14.1. The van der Waals surface area contributed by atoms with Crippen LogP contribution in [0, 0.1) is 0 Å². The van der Waals surface area contributed by atoms with Gasteiger partial charge < -0.3 is 28.4 Å². The van der Waals surface area contributed by atoms with E-state index in [-0.39, 0.29) is 33.4 Å². The Morgan fingerprint density at radius 1 is 0.217 bits per heavy atom. The highest BCUT2D eigenvalue weighted by molar-refractivity contribution is 5.93. The second-order valence-electron chi connectivity index (χ2n) is 13.4. The first-order chi connectivity index (χ1) is 29.3. The van der Waals surface area contributed by atoms with E-state index in [1.807, 2.05) is 0 Å². The molecule has 6 aromatic carbocycles. The summed E-state index contributed by atoms with van der Waals surface area (Å²) >= 11 is 0. The molecule has 0 heterocycles. The van der Waals surface area contributed by atoms with Gasteiger partial charge >= 0.3 is 35.8 Å². The van der Waals surface area contributed by atoms with Crippen LogP contribution in [0.4, 0.5) is 0 Å². The van der Waals surface area contributed by atoms with E-state index in [9.17, 15) is 28.8 Å². The lowest BCUT2D eigenvalue weighted by Gasteiger charge is -2.47. The van der Waals surface area contributed by atoms with Crippen molar-refractivity contribution >= 4 is 35.8 Å². The third-order valence-electron chi connectivity index (χ3n) is 9.46. The summed E-state index contributed by atoms with van der Waals surface area (Å²) in [5.74, 6) is -5.82. The predicted molar refractivity (Wildman–Crippen MR) is 214 cm³/mol. The molecule has 7 rings (SSSR count). The number of benzene rings is 6. The van der Waals surface area contributed by atoms with Crippen molar-refractivity contribution in [2.45, 2.75) is 36.6 Å². The summed E-state index contributed by atoms with van der Waals surface area (Å²) in [7, 11) is 0. The van der Waals surface area contributed by atoms with E-state index in [0.29, 0.717) is 0 Å². The normalized spacial score (nSPS) is 19.4. The van der Waals surface area contributed by atoms with Gasteiger partial charge in [-0.25, -0.2) is 28.8 Å². The third-order valence-corrected chi connectivity index (χ3v) is 9.46. The molecule has 0 atom stereocenters. The van der Waals surface area contributed by atoms with Gasteiger partial charge in [0.1, 0.15) is 0 Å². The van der Waals surface area contributed by atoms with Gasteiger partial charge in [0.05, 0.1) is 33.4 Å². The molecule has 0 radical (unpaired) electrons. The Balaban J connectivity index is 1.43. The van der Waals surface area contributed by atoms with E-state index >= 15 is 0 Å². The summed E-state index contributed by atoms with van der Waals surface area (Å²) in [6.45, 7) is 0. The summed E-state index contributed by atoms with van der Waals surface area (Å²) in [5, 5.41) is 0. The van der Waals surface area contributed by atoms with Crippen molar-refractivity contribution in [3.8, 4) is 0 Å². The van der Waals surface area contributed by atoms with E-state index in [2.05, 4.69) is 0 Å². The lowest BCUT2D eigenvalue weighted by atomic mass is 9.83. The molecule has 12 heteroatoms. The van der Waals surface area contributed by atoms with Gasteiger partial charge in [-0.3, -0.25) is 0 Å². The standard InChI is InChI=1S/C48H36O12/c49-43(31-19-7-1-8-20-31)55-37-38(56-44(50)32-21-9-2-10-22-32)40(58-46(52)34-25-13-4-14-26-34)42(60-48(54)36-29-17-6-18-30-36)41(59-47(53)35-27-15-5-16-28-35)39(37)57-45(51)33-23-11-3-12-24-33/h1-30,37-42H/t37-,38-,39-,40+,41-,42-. The molecule has 6 aromatic rings. The maximum Gasteiger partial charge on any atom is 0.338 e. The molecule has 0 aromatic heterocycles. The molecule has 300 valence electrons. The van der Waals surface area contributed by atoms with Crippen LogP contribution in [0.1, 0.15) is 62.1 Å². The molecule has 60 heavy (non-hydrogen) atoms. The Kier molecular flexibility index (Phi) is 12.8. The summed E-state index contributed by atoms with van der Waals surface area (Å²) in [4.78, 5) is 84.3. The minimum absolute atomic E-state index is 0.0482. The zero-order chi connectivity index (χ0) is 41.8. The molecule has 1 fully saturated rings. The van der Waals surface area contributed by atoms with Gasteiger partial charge in [-0.2, -0.15) is 0 Å². The van der Waals surface area contributed by atoms with Crippen LogP contribution in [0.2, 0.25) is 0 Å². The van der Waals surface area contributed by atoms with Crippen LogP contribution < -0.4 is 0 Å². The Morgan fingerprint density at radius 3 is 0.450 bits per heavy atom. The van der Waals surface area contributed by atoms with E-state index in [1.54, 1.807) is 109 Å². The Bertz CT molecular complexity index is 1950. The smallest absolute Gasteiger partial charge is 0.338 e. The minimum Gasteiger partial charge on any atom is -0.450 e. The van der Waals surface area contributed by atoms with Crippen molar-refractivity contribution in [3.63, 3.8) is 0 Å². The molecular weight excluding hydrogens is 769 g/mol. The predicted octanol–water partition coefficient (Wildman–Crippen LogP) is 7.35. The van der Waals surface area contributed by atoms with E-state index in [0.717, 1.165) is 0 Å². The highest BCUT2D eigenvalue weighted by atomic mass is 16.7.